The van der Waals surface area contributed by atoms with Crippen molar-refractivity contribution in [1.82, 2.24) is 10.3 Å². The van der Waals surface area contributed by atoms with Gasteiger partial charge in [-0.1, -0.05) is 19.4 Å². The van der Waals surface area contributed by atoms with Gasteiger partial charge in [-0.05, 0) is 24.2 Å². The quantitative estimate of drug-likeness (QED) is 0.858. The molecule has 18 heavy (non-hydrogen) atoms. The molecule has 1 aromatic rings. The zero-order chi connectivity index (χ0) is 12.8. The maximum absolute atomic E-state index is 5.06. The summed E-state index contributed by atoms with van der Waals surface area (Å²) in [5, 5.41) is 4.46. The van der Waals surface area contributed by atoms with Crippen molar-refractivity contribution in [1.29, 1.82) is 0 Å². The van der Waals surface area contributed by atoms with Crippen LogP contribution < -0.4 is 10.1 Å². The van der Waals surface area contributed by atoms with Gasteiger partial charge in [-0.3, -0.25) is 0 Å². The van der Waals surface area contributed by atoms with Crippen LogP contribution in [0.1, 0.15) is 31.7 Å². The highest BCUT2D eigenvalue weighted by atomic mass is 32.2. The van der Waals surface area contributed by atoms with E-state index in [9.17, 15) is 0 Å². The minimum absolute atomic E-state index is 0.664. The van der Waals surface area contributed by atoms with Gasteiger partial charge in [0.15, 0.2) is 0 Å². The fourth-order valence-electron chi connectivity index (χ4n) is 2.46. The van der Waals surface area contributed by atoms with Gasteiger partial charge in [0.1, 0.15) is 0 Å². The van der Waals surface area contributed by atoms with Crippen LogP contribution >= 0.6 is 11.8 Å². The van der Waals surface area contributed by atoms with E-state index in [1.54, 1.807) is 7.11 Å². The zero-order valence-electron chi connectivity index (χ0n) is 11.2. The van der Waals surface area contributed by atoms with Gasteiger partial charge in [-0.2, -0.15) is 11.8 Å². The lowest BCUT2D eigenvalue weighted by Gasteiger charge is -2.20. The molecular formula is C14H22N2OS. The first-order valence-electron chi connectivity index (χ1n) is 6.67. The highest BCUT2D eigenvalue weighted by molar-refractivity contribution is 7.99. The van der Waals surface area contributed by atoms with Crippen molar-refractivity contribution in [2.24, 2.45) is 0 Å². The summed E-state index contributed by atoms with van der Waals surface area (Å²) in [6.07, 6.45) is 5.91. The van der Waals surface area contributed by atoms with Gasteiger partial charge in [0.2, 0.25) is 5.88 Å². The third-order valence-electron chi connectivity index (χ3n) is 3.41. The molecule has 1 heterocycles. The molecule has 0 radical (unpaired) electrons. The Labute approximate surface area is 114 Å². The Hall–Kier alpha value is -0.740. The number of thioether (sulfide) groups is 1. The Balaban J connectivity index is 1.82. The van der Waals surface area contributed by atoms with Gasteiger partial charge in [-0.25, -0.2) is 4.98 Å². The van der Waals surface area contributed by atoms with E-state index in [4.69, 9.17) is 4.74 Å². The smallest absolute Gasteiger partial charge is 0.212 e. The predicted molar refractivity (Wildman–Crippen MR) is 77.2 cm³/mol. The molecule has 1 N–H and O–H groups in total. The van der Waals surface area contributed by atoms with Crippen LogP contribution in [0.2, 0.25) is 0 Å². The summed E-state index contributed by atoms with van der Waals surface area (Å²) >= 11 is 2.09. The van der Waals surface area contributed by atoms with Crippen molar-refractivity contribution in [3.05, 3.63) is 23.9 Å². The van der Waals surface area contributed by atoms with E-state index in [1.807, 2.05) is 12.3 Å². The number of nitrogens with one attached hydrogen (secondary N) is 1. The van der Waals surface area contributed by atoms with E-state index < -0.39 is 0 Å². The standard InChI is InChI=1S/C14H22N2OS/c1-3-18-13-6-4-5-12(13)15-9-11-7-8-14(17-2)16-10-11/h7-8,10,12-13,15H,3-6,9H2,1-2H3. The van der Waals surface area contributed by atoms with Crippen molar-refractivity contribution in [2.45, 2.75) is 44.0 Å². The van der Waals surface area contributed by atoms with Crippen molar-refractivity contribution < 1.29 is 4.74 Å². The lowest BCUT2D eigenvalue weighted by Crippen LogP contribution is -2.33. The monoisotopic (exact) mass is 266 g/mol. The molecule has 1 aliphatic rings. The highest BCUT2D eigenvalue weighted by Gasteiger charge is 2.26. The molecule has 1 fully saturated rings. The Morgan fingerprint density at radius 1 is 1.44 bits per heavy atom. The average Bonchev–Trinajstić information content (AvgIpc) is 2.85. The van der Waals surface area contributed by atoms with Crippen LogP contribution in [0.25, 0.3) is 0 Å². The lowest BCUT2D eigenvalue weighted by molar-refractivity contribution is 0.397. The Kier molecular flexibility index (Phi) is 5.32. The molecule has 2 atom stereocenters. The first-order chi connectivity index (χ1) is 8.83. The zero-order valence-corrected chi connectivity index (χ0v) is 12.0. The number of hydrogen-bond donors (Lipinski definition) is 1. The summed E-state index contributed by atoms with van der Waals surface area (Å²) < 4.78 is 5.06. The fourth-order valence-corrected chi connectivity index (χ4v) is 3.68. The fraction of sp³-hybridized carbons (Fsp3) is 0.643. The molecule has 4 heteroatoms. The van der Waals surface area contributed by atoms with Gasteiger partial charge in [0.05, 0.1) is 7.11 Å². The van der Waals surface area contributed by atoms with E-state index in [2.05, 4.69) is 35.1 Å². The molecule has 0 aliphatic heterocycles. The average molecular weight is 266 g/mol. The summed E-state index contributed by atoms with van der Waals surface area (Å²) in [6.45, 7) is 3.15. The molecule has 2 unspecified atom stereocenters. The van der Waals surface area contributed by atoms with E-state index in [0.29, 0.717) is 11.9 Å². The van der Waals surface area contributed by atoms with Crippen LogP contribution in [0.3, 0.4) is 0 Å². The number of rotatable bonds is 6. The van der Waals surface area contributed by atoms with Crippen molar-refractivity contribution in [3.63, 3.8) is 0 Å². The van der Waals surface area contributed by atoms with Gasteiger partial charge in [-0.15, -0.1) is 0 Å². The maximum atomic E-state index is 5.06. The Morgan fingerprint density at radius 3 is 3.00 bits per heavy atom. The predicted octanol–water partition coefficient (Wildman–Crippen LogP) is 2.85. The van der Waals surface area contributed by atoms with Crippen molar-refractivity contribution in [2.75, 3.05) is 12.9 Å². The van der Waals surface area contributed by atoms with Crippen LogP contribution in [0.5, 0.6) is 5.88 Å². The summed E-state index contributed by atoms with van der Waals surface area (Å²) in [4.78, 5) is 4.23. The molecule has 0 amide bonds. The van der Waals surface area contributed by atoms with Crippen LogP contribution in [-0.2, 0) is 6.54 Å². The number of pyridine rings is 1. The summed E-state index contributed by atoms with van der Waals surface area (Å²) in [5.74, 6) is 1.89. The molecule has 1 aliphatic carbocycles. The largest absolute Gasteiger partial charge is 0.481 e. The second-order valence-corrected chi connectivity index (χ2v) is 6.14. The normalized spacial score (nSPS) is 23.2. The number of aromatic nitrogens is 1. The van der Waals surface area contributed by atoms with Gasteiger partial charge in [0.25, 0.3) is 0 Å². The summed E-state index contributed by atoms with van der Waals surface area (Å²) in [6, 6.07) is 4.66. The molecule has 0 spiro atoms. The van der Waals surface area contributed by atoms with Crippen LogP contribution in [0, 0.1) is 0 Å². The molecular weight excluding hydrogens is 244 g/mol. The van der Waals surface area contributed by atoms with E-state index in [0.717, 1.165) is 11.8 Å². The molecule has 2 rings (SSSR count). The molecule has 0 saturated heterocycles. The van der Waals surface area contributed by atoms with Crippen LogP contribution in [0.4, 0.5) is 0 Å². The van der Waals surface area contributed by atoms with Crippen LogP contribution in [0.15, 0.2) is 18.3 Å². The number of methoxy groups -OCH3 is 1. The van der Waals surface area contributed by atoms with Crippen molar-refractivity contribution in [3.8, 4) is 5.88 Å². The van der Waals surface area contributed by atoms with Crippen LogP contribution in [-0.4, -0.2) is 29.1 Å². The molecule has 0 bridgehead atoms. The highest BCUT2D eigenvalue weighted by Crippen LogP contribution is 2.30. The molecule has 0 aromatic carbocycles. The second-order valence-electron chi connectivity index (χ2n) is 4.62. The third kappa shape index (κ3) is 3.62. The van der Waals surface area contributed by atoms with Gasteiger partial charge >= 0.3 is 0 Å². The number of ether oxygens (including phenoxy) is 1. The molecule has 3 nitrogen and oxygen atoms in total. The topological polar surface area (TPSA) is 34.1 Å². The number of nitrogens with zero attached hydrogens (tertiary/aromatic N) is 1. The van der Waals surface area contributed by atoms with Crippen molar-refractivity contribution >= 4 is 11.8 Å². The third-order valence-corrected chi connectivity index (χ3v) is 4.73. The Bertz CT molecular complexity index is 355. The number of hydrogen-bond acceptors (Lipinski definition) is 4. The Morgan fingerprint density at radius 2 is 2.33 bits per heavy atom. The summed E-state index contributed by atoms with van der Waals surface area (Å²) in [5.41, 5.74) is 1.22. The molecule has 1 saturated carbocycles. The van der Waals surface area contributed by atoms with E-state index in [1.165, 1.54) is 30.6 Å². The van der Waals surface area contributed by atoms with E-state index in [-0.39, 0.29) is 0 Å². The van der Waals surface area contributed by atoms with Gasteiger partial charge in [0, 0.05) is 30.1 Å². The van der Waals surface area contributed by atoms with Gasteiger partial charge < -0.3 is 10.1 Å². The SMILES string of the molecule is CCSC1CCCC1NCc1ccc(OC)nc1. The lowest BCUT2D eigenvalue weighted by atomic mass is 10.2. The molecule has 100 valence electrons. The maximum Gasteiger partial charge on any atom is 0.212 e. The summed E-state index contributed by atoms with van der Waals surface area (Å²) in [7, 11) is 1.64. The minimum atomic E-state index is 0.664. The first kappa shape index (κ1) is 13.7. The first-order valence-corrected chi connectivity index (χ1v) is 7.72. The second kappa shape index (κ2) is 7.00. The minimum Gasteiger partial charge on any atom is -0.481 e. The molecule has 1 aromatic heterocycles. The van der Waals surface area contributed by atoms with E-state index >= 15 is 0 Å².